The lowest BCUT2D eigenvalue weighted by molar-refractivity contribution is 0.215. The molecule has 0 bridgehead atoms. The van der Waals surface area contributed by atoms with E-state index in [9.17, 15) is 8.78 Å². The molecule has 0 amide bonds. The molecule has 1 aliphatic carbocycles. The van der Waals surface area contributed by atoms with Crippen molar-refractivity contribution in [1.29, 1.82) is 0 Å². The van der Waals surface area contributed by atoms with E-state index >= 15 is 0 Å². The molecule has 0 aromatic heterocycles. The first-order valence-corrected chi connectivity index (χ1v) is 7.75. The molecule has 2 fully saturated rings. The predicted molar refractivity (Wildman–Crippen MR) is 76.1 cm³/mol. The summed E-state index contributed by atoms with van der Waals surface area (Å²) in [6, 6.07) is 3.36. The monoisotopic (exact) mass is 278 g/mol. The fourth-order valence-electron chi connectivity index (χ4n) is 4.44. The third kappa shape index (κ3) is 1.80. The van der Waals surface area contributed by atoms with Crippen molar-refractivity contribution in [3.63, 3.8) is 0 Å². The zero-order valence-electron chi connectivity index (χ0n) is 11.5. The van der Waals surface area contributed by atoms with Gasteiger partial charge < -0.3 is 10.2 Å². The highest BCUT2D eigenvalue weighted by Crippen LogP contribution is 2.45. The molecular weight excluding hydrogens is 258 g/mol. The molecule has 2 heterocycles. The molecular formula is C16H20F2N2. The van der Waals surface area contributed by atoms with E-state index in [0.717, 1.165) is 24.7 Å². The van der Waals surface area contributed by atoms with E-state index in [1.54, 1.807) is 0 Å². The molecule has 0 spiro atoms. The van der Waals surface area contributed by atoms with Gasteiger partial charge in [-0.2, -0.15) is 0 Å². The minimum absolute atomic E-state index is 0.392. The van der Waals surface area contributed by atoms with E-state index in [0.29, 0.717) is 23.7 Å². The predicted octanol–water partition coefficient (Wildman–Crippen LogP) is 3.92. The molecule has 3 atom stereocenters. The second-order valence-electron chi connectivity index (χ2n) is 6.41. The molecule has 2 nitrogen and oxygen atoms in total. The molecule has 20 heavy (non-hydrogen) atoms. The van der Waals surface area contributed by atoms with Crippen molar-refractivity contribution in [3.8, 4) is 0 Å². The number of nitrogens with zero attached hydrogens (tertiary/aromatic N) is 1. The first kappa shape index (κ1) is 12.4. The van der Waals surface area contributed by atoms with Crippen LogP contribution >= 0.6 is 0 Å². The van der Waals surface area contributed by atoms with Gasteiger partial charge in [0.1, 0.15) is 5.82 Å². The quantitative estimate of drug-likeness (QED) is 0.774. The highest BCUT2D eigenvalue weighted by molar-refractivity contribution is 5.74. The Labute approximate surface area is 118 Å². The van der Waals surface area contributed by atoms with Gasteiger partial charge in [-0.15, -0.1) is 0 Å². The Hall–Kier alpha value is -1.32. The number of nitrogens with one attached hydrogen (secondary N) is 1. The fraction of sp³-hybridized carbons (Fsp3) is 0.625. The van der Waals surface area contributed by atoms with Gasteiger partial charge in [-0.05, 0) is 37.7 Å². The lowest BCUT2D eigenvalue weighted by Gasteiger charge is -2.52. The molecule has 4 heteroatoms. The lowest BCUT2D eigenvalue weighted by Crippen LogP contribution is -2.56. The average molecular weight is 278 g/mol. The van der Waals surface area contributed by atoms with Gasteiger partial charge in [0.05, 0.1) is 11.4 Å². The van der Waals surface area contributed by atoms with E-state index in [-0.39, 0.29) is 0 Å². The summed E-state index contributed by atoms with van der Waals surface area (Å²) < 4.78 is 27.6. The zero-order chi connectivity index (χ0) is 13.7. The molecule has 1 aromatic rings. The number of halogens is 2. The Morgan fingerprint density at radius 2 is 1.90 bits per heavy atom. The van der Waals surface area contributed by atoms with Gasteiger partial charge in [-0.1, -0.05) is 12.8 Å². The maximum Gasteiger partial charge on any atom is 0.151 e. The molecule has 2 aliphatic heterocycles. The Morgan fingerprint density at radius 3 is 2.80 bits per heavy atom. The van der Waals surface area contributed by atoms with Crippen LogP contribution in [0.1, 0.15) is 38.5 Å². The van der Waals surface area contributed by atoms with Crippen molar-refractivity contribution in [2.45, 2.75) is 50.6 Å². The SMILES string of the molecule is Fc1cc(F)c2c(c1)N1C(CCC3CCCCC31)CN2. The van der Waals surface area contributed by atoms with Crippen LogP contribution < -0.4 is 10.2 Å². The van der Waals surface area contributed by atoms with Gasteiger partial charge in [0.15, 0.2) is 5.82 Å². The lowest BCUT2D eigenvalue weighted by atomic mass is 9.75. The summed E-state index contributed by atoms with van der Waals surface area (Å²) in [5, 5.41) is 3.17. The summed E-state index contributed by atoms with van der Waals surface area (Å²) in [6.45, 7) is 0.777. The summed E-state index contributed by atoms with van der Waals surface area (Å²) >= 11 is 0. The van der Waals surface area contributed by atoms with E-state index in [2.05, 4.69) is 10.2 Å². The van der Waals surface area contributed by atoms with Gasteiger partial charge in [0.2, 0.25) is 0 Å². The van der Waals surface area contributed by atoms with Gasteiger partial charge in [-0.25, -0.2) is 8.78 Å². The minimum atomic E-state index is -0.471. The van der Waals surface area contributed by atoms with Crippen molar-refractivity contribution < 1.29 is 8.78 Å². The van der Waals surface area contributed by atoms with Crippen LogP contribution in [0.5, 0.6) is 0 Å². The van der Waals surface area contributed by atoms with Crippen LogP contribution in [0.3, 0.4) is 0 Å². The smallest absolute Gasteiger partial charge is 0.151 e. The van der Waals surface area contributed by atoms with Crippen LogP contribution in [0.4, 0.5) is 20.2 Å². The normalized spacial score (nSPS) is 31.9. The van der Waals surface area contributed by atoms with Crippen LogP contribution in [0, 0.1) is 17.6 Å². The summed E-state index contributed by atoms with van der Waals surface area (Å²) in [7, 11) is 0. The average Bonchev–Trinajstić information content (AvgIpc) is 2.46. The highest BCUT2D eigenvalue weighted by Gasteiger charge is 2.41. The summed E-state index contributed by atoms with van der Waals surface area (Å²) in [4.78, 5) is 2.34. The molecule has 4 rings (SSSR count). The van der Waals surface area contributed by atoms with Crippen molar-refractivity contribution in [1.82, 2.24) is 0 Å². The molecule has 1 saturated carbocycles. The second kappa shape index (κ2) is 4.61. The van der Waals surface area contributed by atoms with Crippen LogP contribution in [0.2, 0.25) is 0 Å². The third-order valence-corrected chi connectivity index (χ3v) is 5.32. The zero-order valence-corrected chi connectivity index (χ0v) is 11.5. The molecule has 1 saturated heterocycles. The van der Waals surface area contributed by atoms with Gasteiger partial charge in [0, 0.05) is 24.7 Å². The van der Waals surface area contributed by atoms with Crippen LogP contribution in [-0.4, -0.2) is 18.6 Å². The maximum absolute atomic E-state index is 14.0. The van der Waals surface area contributed by atoms with Crippen LogP contribution in [-0.2, 0) is 0 Å². The van der Waals surface area contributed by atoms with Gasteiger partial charge in [0.25, 0.3) is 0 Å². The Morgan fingerprint density at radius 1 is 1.05 bits per heavy atom. The van der Waals surface area contributed by atoms with E-state index < -0.39 is 11.6 Å². The fourth-order valence-corrected chi connectivity index (χ4v) is 4.44. The Bertz CT molecular complexity index is 531. The number of rotatable bonds is 0. The number of piperidine rings is 1. The number of anilines is 2. The molecule has 3 aliphatic rings. The number of hydrogen-bond acceptors (Lipinski definition) is 2. The number of fused-ring (bicyclic) bond motifs is 5. The summed E-state index contributed by atoms with van der Waals surface area (Å²) in [6.07, 6.45) is 7.38. The topological polar surface area (TPSA) is 15.3 Å². The molecule has 108 valence electrons. The molecule has 0 radical (unpaired) electrons. The van der Waals surface area contributed by atoms with Gasteiger partial charge >= 0.3 is 0 Å². The van der Waals surface area contributed by atoms with E-state index in [4.69, 9.17) is 0 Å². The largest absolute Gasteiger partial charge is 0.379 e. The molecule has 3 unspecified atom stereocenters. The first-order chi connectivity index (χ1) is 9.74. The third-order valence-electron chi connectivity index (χ3n) is 5.32. The van der Waals surface area contributed by atoms with Crippen molar-refractivity contribution in [3.05, 3.63) is 23.8 Å². The van der Waals surface area contributed by atoms with Crippen molar-refractivity contribution >= 4 is 11.4 Å². The number of benzene rings is 1. The standard InChI is InChI=1S/C16H20F2N2/c17-11-7-13(18)16-15(8-11)20-12(9-19-16)6-5-10-3-1-2-4-14(10)20/h7-8,10,12,14,19H,1-6,9H2. The maximum atomic E-state index is 14.0. The van der Waals surface area contributed by atoms with E-state index in [1.807, 2.05) is 0 Å². The van der Waals surface area contributed by atoms with Crippen molar-refractivity contribution in [2.24, 2.45) is 5.92 Å². The Balaban J connectivity index is 1.79. The van der Waals surface area contributed by atoms with Gasteiger partial charge in [-0.3, -0.25) is 0 Å². The first-order valence-electron chi connectivity index (χ1n) is 7.75. The summed E-state index contributed by atoms with van der Waals surface area (Å²) in [5.74, 6) is -0.227. The number of hydrogen-bond donors (Lipinski definition) is 1. The second-order valence-corrected chi connectivity index (χ2v) is 6.41. The van der Waals surface area contributed by atoms with Crippen LogP contribution in [0.25, 0.3) is 0 Å². The molecule has 1 N–H and O–H groups in total. The summed E-state index contributed by atoms with van der Waals surface area (Å²) in [5.41, 5.74) is 1.24. The highest BCUT2D eigenvalue weighted by atomic mass is 19.1. The Kier molecular flexibility index (Phi) is 2.86. The van der Waals surface area contributed by atoms with Crippen LogP contribution in [0.15, 0.2) is 12.1 Å². The van der Waals surface area contributed by atoms with Crippen molar-refractivity contribution in [2.75, 3.05) is 16.8 Å². The minimum Gasteiger partial charge on any atom is -0.379 e. The van der Waals surface area contributed by atoms with E-state index in [1.165, 1.54) is 38.2 Å². The molecule has 1 aromatic carbocycles.